The smallest absolute Gasteiger partial charge is 0.321 e. The molecule has 0 bridgehead atoms. The number of carboxylic acids is 1. The minimum Gasteiger partial charge on any atom is -0.480 e. The molecule has 2 heterocycles. The van der Waals surface area contributed by atoms with E-state index >= 15 is 0 Å². The first-order valence-electron chi connectivity index (χ1n) is 5.38. The largest absolute Gasteiger partial charge is 0.480 e. The van der Waals surface area contributed by atoms with Gasteiger partial charge in [0.05, 0.1) is 11.4 Å². The lowest BCUT2D eigenvalue weighted by molar-refractivity contribution is -0.139. The zero-order chi connectivity index (χ0) is 11.1. The van der Waals surface area contributed by atoms with Crippen LogP contribution in [0, 0.1) is 0 Å². The van der Waals surface area contributed by atoms with Crippen LogP contribution in [0.25, 0.3) is 5.57 Å². The van der Waals surface area contributed by atoms with Crippen LogP contribution < -0.4 is 15.9 Å². The van der Waals surface area contributed by atoms with E-state index in [-0.39, 0.29) is 6.04 Å². The first-order valence-corrected chi connectivity index (χ1v) is 5.38. The molecule has 0 radical (unpaired) electrons. The summed E-state index contributed by atoms with van der Waals surface area (Å²) in [6, 6.07) is 7.61. The second kappa shape index (κ2) is 3.42. The van der Waals surface area contributed by atoms with Crippen molar-refractivity contribution < 1.29 is 9.90 Å². The van der Waals surface area contributed by atoms with Crippen LogP contribution in [0.15, 0.2) is 29.3 Å². The van der Waals surface area contributed by atoms with Crippen molar-refractivity contribution in [3.8, 4) is 0 Å². The van der Waals surface area contributed by atoms with Crippen molar-refractivity contribution in [2.75, 3.05) is 6.54 Å². The van der Waals surface area contributed by atoms with Crippen LogP contribution in [0.1, 0.15) is 6.42 Å². The van der Waals surface area contributed by atoms with Crippen molar-refractivity contribution in [1.29, 1.82) is 0 Å². The molecule has 0 aliphatic carbocycles. The molecule has 4 heteroatoms. The Bertz CT molecular complexity index is 565. The summed E-state index contributed by atoms with van der Waals surface area (Å²) in [5.41, 5.74) is 1.17. The molecule has 0 amide bonds. The van der Waals surface area contributed by atoms with Gasteiger partial charge in [-0.2, -0.15) is 0 Å². The highest BCUT2D eigenvalue weighted by atomic mass is 16.4. The topological polar surface area (TPSA) is 61.7 Å². The number of hydrogen-bond acceptors (Lipinski definition) is 3. The predicted molar refractivity (Wildman–Crippen MR) is 58.5 cm³/mol. The van der Waals surface area contributed by atoms with E-state index in [9.17, 15) is 4.79 Å². The van der Waals surface area contributed by atoms with Crippen LogP contribution in [-0.2, 0) is 4.79 Å². The fourth-order valence-corrected chi connectivity index (χ4v) is 2.42. The van der Waals surface area contributed by atoms with Gasteiger partial charge in [0.1, 0.15) is 6.04 Å². The molecule has 2 N–H and O–H groups in total. The van der Waals surface area contributed by atoms with Crippen molar-refractivity contribution in [2.24, 2.45) is 4.99 Å². The monoisotopic (exact) mass is 216 g/mol. The third-order valence-electron chi connectivity index (χ3n) is 3.23. The number of nitrogens with zero attached hydrogens (tertiary/aromatic N) is 1. The zero-order valence-corrected chi connectivity index (χ0v) is 8.68. The van der Waals surface area contributed by atoms with Gasteiger partial charge in [-0.05, 0) is 18.1 Å². The second-order valence-corrected chi connectivity index (χ2v) is 4.19. The normalized spacial score (nSPS) is 26.9. The third-order valence-corrected chi connectivity index (χ3v) is 3.23. The van der Waals surface area contributed by atoms with Gasteiger partial charge in [-0.15, -0.1) is 0 Å². The first-order chi connectivity index (χ1) is 7.75. The molecule has 0 unspecified atom stereocenters. The fraction of sp³-hybridized carbons (Fsp3) is 0.333. The van der Waals surface area contributed by atoms with Crippen LogP contribution in [0.4, 0.5) is 0 Å². The molecule has 2 aliphatic rings. The molecular formula is C12H12N2O2. The van der Waals surface area contributed by atoms with E-state index in [2.05, 4.69) is 10.3 Å². The van der Waals surface area contributed by atoms with Gasteiger partial charge in [0.2, 0.25) is 0 Å². The number of hydrogen-bond donors (Lipinski definition) is 2. The van der Waals surface area contributed by atoms with Crippen molar-refractivity contribution in [2.45, 2.75) is 18.5 Å². The lowest BCUT2D eigenvalue weighted by Gasteiger charge is -2.25. The quantitative estimate of drug-likeness (QED) is 0.651. The van der Waals surface area contributed by atoms with Gasteiger partial charge in [-0.3, -0.25) is 9.79 Å². The maximum atomic E-state index is 10.9. The minimum absolute atomic E-state index is 0.132. The van der Waals surface area contributed by atoms with Gasteiger partial charge < -0.3 is 10.4 Å². The van der Waals surface area contributed by atoms with Crippen LogP contribution >= 0.6 is 0 Å². The third kappa shape index (κ3) is 1.34. The Morgan fingerprint density at radius 1 is 1.44 bits per heavy atom. The number of carboxylic acid groups (broad SMARTS) is 1. The Hall–Kier alpha value is -1.68. The molecule has 1 aromatic carbocycles. The summed E-state index contributed by atoms with van der Waals surface area (Å²) in [5, 5.41) is 14.1. The standard InChI is InChI=1S/C12H12N2O2/c15-12(16)10-5-8-7-3-1-2-4-9(7)14-11(8)6-13-10/h1-4,10-11,13H,5-6H2,(H,15,16)/t10-,11+/m1/s1. The number of fused-ring (bicyclic) bond motifs is 2. The van der Waals surface area contributed by atoms with Gasteiger partial charge in [-0.25, -0.2) is 0 Å². The van der Waals surface area contributed by atoms with Crippen molar-refractivity contribution >= 4 is 11.5 Å². The molecule has 1 fully saturated rings. The number of carbonyl (C=O) groups is 1. The van der Waals surface area contributed by atoms with Gasteiger partial charge in [0.15, 0.2) is 0 Å². The predicted octanol–water partition coefficient (Wildman–Crippen LogP) is -0.714. The average Bonchev–Trinajstić information content (AvgIpc) is 2.66. The van der Waals surface area contributed by atoms with Gasteiger partial charge in [-0.1, -0.05) is 18.2 Å². The number of nitrogens with one attached hydrogen (secondary N) is 1. The Morgan fingerprint density at radius 2 is 2.25 bits per heavy atom. The maximum absolute atomic E-state index is 10.9. The molecule has 16 heavy (non-hydrogen) atoms. The Morgan fingerprint density at radius 3 is 3.06 bits per heavy atom. The second-order valence-electron chi connectivity index (χ2n) is 4.19. The molecule has 82 valence electrons. The van der Waals surface area contributed by atoms with Crippen molar-refractivity contribution in [3.63, 3.8) is 0 Å². The molecular weight excluding hydrogens is 204 g/mol. The van der Waals surface area contributed by atoms with Crippen molar-refractivity contribution in [1.82, 2.24) is 5.32 Å². The van der Waals surface area contributed by atoms with Crippen LogP contribution in [0.2, 0.25) is 0 Å². The molecule has 3 rings (SSSR count). The average molecular weight is 216 g/mol. The first kappa shape index (κ1) is 9.54. The van der Waals surface area contributed by atoms with E-state index in [0.29, 0.717) is 13.0 Å². The Balaban J connectivity index is 2.09. The number of rotatable bonds is 1. The molecule has 2 aliphatic heterocycles. The molecule has 0 aromatic heterocycles. The van der Waals surface area contributed by atoms with Crippen molar-refractivity contribution in [3.05, 3.63) is 34.8 Å². The summed E-state index contributed by atoms with van der Waals surface area (Å²) in [6.45, 7) is 0.626. The van der Waals surface area contributed by atoms with Gasteiger partial charge in [0, 0.05) is 11.8 Å². The van der Waals surface area contributed by atoms with Crippen LogP contribution in [-0.4, -0.2) is 29.7 Å². The molecule has 2 atom stereocenters. The zero-order valence-electron chi connectivity index (χ0n) is 8.68. The molecule has 0 spiro atoms. The van der Waals surface area contributed by atoms with E-state index in [1.807, 2.05) is 24.3 Å². The van der Waals surface area contributed by atoms with E-state index in [1.54, 1.807) is 0 Å². The SMILES string of the molecule is O=C(O)[C@H]1CC2=c3ccccc3=N[C@H]2CN1. The maximum Gasteiger partial charge on any atom is 0.321 e. The van der Waals surface area contributed by atoms with E-state index in [1.165, 1.54) is 5.57 Å². The highest BCUT2D eigenvalue weighted by Crippen LogP contribution is 2.19. The van der Waals surface area contributed by atoms with E-state index in [4.69, 9.17) is 5.11 Å². The number of benzene rings is 1. The summed E-state index contributed by atoms with van der Waals surface area (Å²) in [4.78, 5) is 15.5. The lowest BCUT2D eigenvalue weighted by atomic mass is 9.94. The summed E-state index contributed by atoms with van der Waals surface area (Å²) in [5.74, 6) is -0.782. The van der Waals surface area contributed by atoms with Gasteiger partial charge >= 0.3 is 5.97 Å². The minimum atomic E-state index is -0.782. The van der Waals surface area contributed by atoms with Crippen LogP contribution in [0.3, 0.4) is 0 Å². The number of aliphatic carboxylic acids is 1. The van der Waals surface area contributed by atoms with Crippen LogP contribution in [0.5, 0.6) is 0 Å². The van der Waals surface area contributed by atoms with E-state index in [0.717, 1.165) is 10.6 Å². The summed E-state index contributed by atoms with van der Waals surface area (Å²) in [6.07, 6.45) is 0.556. The van der Waals surface area contributed by atoms with Gasteiger partial charge in [0.25, 0.3) is 0 Å². The Labute approximate surface area is 92.3 Å². The summed E-state index contributed by atoms with van der Waals surface area (Å²) < 4.78 is 0. The molecule has 0 saturated carbocycles. The highest BCUT2D eigenvalue weighted by molar-refractivity contribution is 5.77. The molecule has 1 saturated heterocycles. The summed E-state index contributed by atoms with van der Waals surface area (Å²) >= 11 is 0. The molecule has 4 nitrogen and oxygen atoms in total. The van der Waals surface area contributed by atoms with E-state index < -0.39 is 12.0 Å². The number of para-hydroxylation sites is 1. The highest BCUT2D eigenvalue weighted by Gasteiger charge is 2.31. The Kier molecular flexibility index (Phi) is 2.04. The lowest BCUT2D eigenvalue weighted by Crippen LogP contribution is -2.46. The summed E-state index contributed by atoms with van der Waals surface area (Å²) in [7, 11) is 0. The number of piperidine rings is 1. The molecule has 1 aromatic rings. The fourth-order valence-electron chi connectivity index (χ4n) is 2.42.